The Balaban J connectivity index is 2.13. The van der Waals surface area contributed by atoms with Gasteiger partial charge in [0, 0.05) is 16.8 Å². The lowest BCUT2D eigenvalue weighted by Crippen LogP contribution is -2.45. The van der Waals surface area contributed by atoms with Crippen LogP contribution in [0.5, 0.6) is 0 Å². The van der Waals surface area contributed by atoms with Crippen LogP contribution in [0.2, 0.25) is 0 Å². The molecule has 0 unspecified atom stereocenters. The van der Waals surface area contributed by atoms with E-state index < -0.39 is 39.2 Å². The molecule has 180 valence electrons. The van der Waals surface area contributed by atoms with Crippen LogP contribution in [0.4, 0.5) is 10.1 Å². The summed E-state index contributed by atoms with van der Waals surface area (Å²) in [4.78, 5) is 27.4. The number of carbonyl (C=O) groups is 2. The smallest absolute Gasteiger partial charge is 0.251 e. The Morgan fingerprint density at radius 1 is 1.00 bits per heavy atom. The van der Waals surface area contributed by atoms with Crippen LogP contribution in [0.15, 0.2) is 53.4 Å². The van der Waals surface area contributed by atoms with Gasteiger partial charge in [0.05, 0.1) is 4.90 Å². The molecule has 2 rings (SSSR count). The molecule has 0 aliphatic rings. The molecule has 2 amide bonds. The summed E-state index contributed by atoms with van der Waals surface area (Å²) in [6.45, 7) is 5.77. The molecule has 1 atom stereocenters. The first-order chi connectivity index (χ1) is 15.3. The maximum absolute atomic E-state index is 13.1. The monoisotopic (exact) mass is 478 g/mol. The van der Waals surface area contributed by atoms with Crippen molar-refractivity contribution in [3.8, 4) is 0 Å². The van der Waals surface area contributed by atoms with Crippen LogP contribution in [0.3, 0.4) is 0 Å². The molecule has 2 aromatic rings. The predicted octanol–water partition coefficient (Wildman–Crippen LogP) is 2.59. The van der Waals surface area contributed by atoms with E-state index in [1.54, 1.807) is 20.8 Å². The van der Waals surface area contributed by atoms with Crippen LogP contribution in [-0.2, 0) is 14.8 Å². The number of rotatable bonds is 9. The fourth-order valence-electron chi connectivity index (χ4n) is 2.91. The number of halogens is 1. The highest BCUT2D eigenvalue weighted by Crippen LogP contribution is 2.17. The van der Waals surface area contributed by atoms with Crippen molar-refractivity contribution in [3.63, 3.8) is 0 Å². The minimum atomic E-state index is -3.70. The van der Waals surface area contributed by atoms with Crippen LogP contribution >= 0.6 is 0 Å². The molecule has 0 aliphatic carbocycles. The first-order valence-corrected chi connectivity index (χ1v) is 11.9. The number of hydrogen-bond acceptors (Lipinski definition) is 5. The van der Waals surface area contributed by atoms with Crippen molar-refractivity contribution >= 4 is 27.5 Å². The Morgan fingerprint density at radius 3 is 2.09 bits per heavy atom. The first-order valence-electron chi connectivity index (χ1n) is 10.4. The molecule has 33 heavy (non-hydrogen) atoms. The van der Waals surface area contributed by atoms with E-state index in [1.807, 2.05) is 19.0 Å². The van der Waals surface area contributed by atoms with E-state index in [2.05, 4.69) is 15.4 Å². The van der Waals surface area contributed by atoms with E-state index >= 15 is 0 Å². The molecule has 0 saturated carbocycles. The van der Waals surface area contributed by atoms with E-state index in [4.69, 9.17) is 0 Å². The molecular weight excluding hydrogens is 447 g/mol. The summed E-state index contributed by atoms with van der Waals surface area (Å²) >= 11 is 0. The molecular formula is C23H31FN4O4S. The van der Waals surface area contributed by atoms with Crippen LogP contribution in [-0.4, -0.2) is 57.4 Å². The van der Waals surface area contributed by atoms with Crippen LogP contribution in [0.1, 0.15) is 37.6 Å². The van der Waals surface area contributed by atoms with Gasteiger partial charge in [0.25, 0.3) is 5.91 Å². The van der Waals surface area contributed by atoms with E-state index in [1.165, 1.54) is 48.5 Å². The molecule has 0 radical (unpaired) electrons. The zero-order chi connectivity index (χ0) is 24.8. The second-order valence-corrected chi connectivity index (χ2v) is 10.7. The normalized spacial score (nSPS) is 12.9. The number of benzene rings is 2. The summed E-state index contributed by atoms with van der Waals surface area (Å²) in [6.07, 6.45) is 0.341. The quantitative estimate of drug-likeness (QED) is 0.514. The summed E-state index contributed by atoms with van der Waals surface area (Å²) in [5, 5.41) is 5.39. The molecule has 0 spiro atoms. The molecule has 0 aromatic heterocycles. The van der Waals surface area contributed by atoms with Gasteiger partial charge < -0.3 is 15.5 Å². The average molecular weight is 479 g/mol. The largest absolute Gasteiger partial charge is 0.340 e. The number of anilines is 1. The Hall–Kier alpha value is -2.82. The maximum Gasteiger partial charge on any atom is 0.251 e. The zero-order valence-corrected chi connectivity index (χ0v) is 20.3. The molecule has 3 N–H and O–H groups in total. The minimum absolute atomic E-state index is 0.0733. The van der Waals surface area contributed by atoms with Crippen molar-refractivity contribution in [2.24, 2.45) is 0 Å². The van der Waals surface area contributed by atoms with E-state index in [9.17, 15) is 22.4 Å². The summed E-state index contributed by atoms with van der Waals surface area (Å²) in [5.41, 5.74) is -0.00533. The molecule has 8 nitrogen and oxygen atoms in total. The number of hydrogen-bond donors (Lipinski definition) is 3. The van der Waals surface area contributed by atoms with Crippen molar-refractivity contribution in [1.82, 2.24) is 14.9 Å². The molecule has 0 aliphatic heterocycles. The summed E-state index contributed by atoms with van der Waals surface area (Å²) in [6, 6.07) is 9.95. The number of carbonyl (C=O) groups excluding carboxylic acids is 2. The topological polar surface area (TPSA) is 108 Å². The molecule has 2 aromatic carbocycles. The Bertz CT molecular complexity index is 1060. The Labute approximate surface area is 194 Å². The highest BCUT2D eigenvalue weighted by Gasteiger charge is 2.24. The third-order valence-electron chi connectivity index (χ3n) is 4.47. The SMILES string of the molecule is CN(C)CC[C@H](NC(=O)c1ccc(F)cc1)C(=O)Nc1ccc(S(=O)(=O)NC(C)(C)C)cc1. The maximum atomic E-state index is 13.1. The van der Waals surface area contributed by atoms with Gasteiger partial charge in [-0.1, -0.05) is 0 Å². The standard InChI is InChI=1S/C23H31FN4O4S/c1-23(2,3)27-33(31,32)19-12-10-18(11-13-19)25-22(30)20(14-15-28(4)5)26-21(29)16-6-8-17(24)9-7-16/h6-13,20,27H,14-15H2,1-5H3,(H,25,30)(H,26,29)/t20-/m0/s1. The van der Waals surface area contributed by atoms with Gasteiger partial charge in [0.2, 0.25) is 15.9 Å². The molecule has 10 heteroatoms. The molecule has 0 heterocycles. The van der Waals surface area contributed by atoms with Gasteiger partial charge in [-0.15, -0.1) is 0 Å². The van der Waals surface area contributed by atoms with Gasteiger partial charge >= 0.3 is 0 Å². The fraction of sp³-hybridized carbons (Fsp3) is 0.391. The Kier molecular flexibility index (Phi) is 8.70. The van der Waals surface area contributed by atoms with Crippen LogP contribution in [0.25, 0.3) is 0 Å². The van der Waals surface area contributed by atoms with Gasteiger partial charge in [-0.3, -0.25) is 9.59 Å². The number of nitrogens with zero attached hydrogens (tertiary/aromatic N) is 1. The lowest BCUT2D eigenvalue weighted by atomic mass is 10.1. The lowest BCUT2D eigenvalue weighted by molar-refractivity contribution is -0.118. The van der Waals surface area contributed by atoms with Gasteiger partial charge in [-0.05, 0) is 96.4 Å². The van der Waals surface area contributed by atoms with Crippen molar-refractivity contribution in [1.29, 1.82) is 0 Å². The first kappa shape index (κ1) is 26.4. The number of sulfonamides is 1. The third-order valence-corrected chi connectivity index (χ3v) is 6.24. The molecule has 0 saturated heterocycles. The molecule has 0 bridgehead atoms. The van der Waals surface area contributed by atoms with Crippen LogP contribution < -0.4 is 15.4 Å². The van der Waals surface area contributed by atoms with E-state index in [0.29, 0.717) is 18.7 Å². The second-order valence-electron chi connectivity index (χ2n) is 8.99. The van der Waals surface area contributed by atoms with Gasteiger partial charge in [0.1, 0.15) is 11.9 Å². The van der Waals surface area contributed by atoms with Crippen molar-refractivity contribution in [3.05, 3.63) is 59.9 Å². The van der Waals surface area contributed by atoms with Gasteiger partial charge in [-0.25, -0.2) is 17.5 Å². The highest BCUT2D eigenvalue weighted by atomic mass is 32.2. The van der Waals surface area contributed by atoms with Gasteiger partial charge in [0.15, 0.2) is 0 Å². The van der Waals surface area contributed by atoms with E-state index in [-0.39, 0.29) is 10.5 Å². The fourth-order valence-corrected chi connectivity index (χ4v) is 4.33. The van der Waals surface area contributed by atoms with Crippen molar-refractivity contribution < 1.29 is 22.4 Å². The second kappa shape index (κ2) is 10.9. The van der Waals surface area contributed by atoms with Crippen LogP contribution in [0, 0.1) is 5.82 Å². The summed E-state index contributed by atoms with van der Waals surface area (Å²) < 4.78 is 40.6. The zero-order valence-electron chi connectivity index (χ0n) is 19.5. The van der Waals surface area contributed by atoms with E-state index in [0.717, 1.165) is 0 Å². The highest BCUT2D eigenvalue weighted by molar-refractivity contribution is 7.89. The number of amides is 2. The Morgan fingerprint density at radius 2 is 1.58 bits per heavy atom. The van der Waals surface area contributed by atoms with Gasteiger partial charge in [-0.2, -0.15) is 0 Å². The summed E-state index contributed by atoms with van der Waals surface area (Å²) in [5.74, 6) is -1.41. The molecule has 0 fully saturated rings. The average Bonchev–Trinajstić information content (AvgIpc) is 2.70. The van der Waals surface area contributed by atoms with Crippen molar-refractivity contribution in [2.45, 2.75) is 43.7 Å². The number of nitrogens with one attached hydrogen (secondary N) is 3. The van der Waals surface area contributed by atoms with Crippen molar-refractivity contribution in [2.75, 3.05) is 26.0 Å². The summed E-state index contributed by atoms with van der Waals surface area (Å²) in [7, 11) is -0.00172. The third kappa shape index (κ3) is 8.56. The lowest BCUT2D eigenvalue weighted by Gasteiger charge is -2.21. The predicted molar refractivity (Wildman–Crippen MR) is 126 cm³/mol. The minimum Gasteiger partial charge on any atom is -0.340 e.